The van der Waals surface area contributed by atoms with Crippen molar-refractivity contribution in [3.63, 3.8) is 0 Å². The molecule has 16 nitrogen and oxygen atoms in total. The maximum absolute atomic E-state index is 12.9. The molecule has 0 saturated heterocycles. The smallest absolute Gasteiger partial charge is 0.412 e. The Kier molecular flexibility index (Phi) is 16.3. The second-order valence-electron chi connectivity index (χ2n) is 14.8. The summed E-state index contributed by atoms with van der Waals surface area (Å²) in [4.78, 5) is 73.4. The van der Waals surface area contributed by atoms with Gasteiger partial charge in [-0.3, -0.25) is 0 Å². The van der Waals surface area contributed by atoms with Crippen LogP contribution in [0.1, 0.15) is 43.4 Å². The average molecular weight is 1120 g/mol. The Balaban J connectivity index is 1.32. The van der Waals surface area contributed by atoms with Crippen molar-refractivity contribution in [2.75, 3.05) is 39.5 Å². The minimum Gasteiger partial charge on any atom is -0.460 e. The number of esters is 3. The molecule has 0 aromatic heterocycles. The average Bonchev–Trinajstić information content (AvgIpc) is 3.27. The van der Waals surface area contributed by atoms with E-state index in [1.165, 1.54) is 20.8 Å². The van der Waals surface area contributed by atoms with Crippen LogP contribution in [-0.4, -0.2) is 75.6 Å². The molecule has 0 fully saturated rings. The lowest BCUT2D eigenvalue weighted by Crippen LogP contribution is -2.31. The number of benzene rings is 5. The highest BCUT2D eigenvalue weighted by Gasteiger charge is 2.34. The highest BCUT2D eigenvalue weighted by molar-refractivity contribution is 14.1. The molecule has 0 spiro atoms. The van der Waals surface area contributed by atoms with E-state index in [1.54, 1.807) is 24.3 Å². The summed E-state index contributed by atoms with van der Waals surface area (Å²) in [5, 5.41) is 10.8. The Morgan fingerprint density at radius 3 is 1.30 bits per heavy atom. The van der Waals surface area contributed by atoms with Crippen LogP contribution in [0.2, 0.25) is 0 Å². The molecule has 1 heterocycles. The number of hydrogen-bond acceptors (Lipinski definition) is 13. The largest absolute Gasteiger partial charge is 0.460 e. The van der Waals surface area contributed by atoms with Gasteiger partial charge in [-0.15, -0.1) is 0 Å². The molecule has 0 saturated carbocycles. The van der Waals surface area contributed by atoms with Gasteiger partial charge in [-0.25, -0.2) is 28.8 Å². The van der Waals surface area contributed by atoms with E-state index in [0.29, 0.717) is 24.4 Å². The summed E-state index contributed by atoms with van der Waals surface area (Å²) in [5.41, 5.74) is 3.16. The zero-order valence-electron chi connectivity index (χ0n) is 35.9. The third-order valence-corrected chi connectivity index (χ3v) is 11.2. The Hall–Kier alpha value is -6.68. The Bertz CT molecular complexity index is 2660. The molecule has 3 N–H and O–H groups in total. The van der Waals surface area contributed by atoms with Gasteiger partial charge in [0.05, 0.1) is 26.8 Å². The molecule has 0 radical (unpaired) electrons. The molecule has 0 atom stereocenters. The number of halogens is 2. The minimum atomic E-state index is -0.739. The third kappa shape index (κ3) is 12.2. The SMILES string of the molecule is C=C(C)C(=O)OCCNC(=O)Oc1ccc2c3c(ccc2c1)Oc1ccc2cc(OC(=O)NCCOC(=O)C(=C)C)ccc2c1C3c1cc(I)c(OC(=O)NCCOC(=O)C(=C)C)c(I)c1. The summed E-state index contributed by atoms with van der Waals surface area (Å²) in [5.74, 6) is -0.168. The second-order valence-corrected chi connectivity index (χ2v) is 17.1. The fraction of sp³-hybridized carbons (Fsp3) is 0.208. The van der Waals surface area contributed by atoms with Gasteiger partial charge >= 0.3 is 36.2 Å². The van der Waals surface area contributed by atoms with Crippen molar-refractivity contribution >= 4 is 103 Å². The summed E-state index contributed by atoms with van der Waals surface area (Å²) in [7, 11) is 0. The van der Waals surface area contributed by atoms with Crippen molar-refractivity contribution in [2.24, 2.45) is 0 Å². The summed E-state index contributed by atoms with van der Waals surface area (Å²) in [6, 6.07) is 21.7. The van der Waals surface area contributed by atoms with Gasteiger partial charge in [0.15, 0.2) is 5.75 Å². The molecule has 66 heavy (non-hydrogen) atoms. The van der Waals surface area contributed by atoms with Crippen molar-refractivity contribution in [2.45, 2.75) is 26.7 Å². The number of amides is 3. The first kappa shape index (κ1) is 48.8. The van der Waals surface area contributed by atoms with E-state index in [-0.39, 0.29) is 67.7 Å². The topological polar surface area (TPSA) is 203 Å². The number of carbonyl (C=O) groups excluding carboxylic acids is 6. The van der Waals surface area contributed by atoms with Crippen LogP contribution < -0.4 is 34.9 Å². The minimum absolute atomic E-state index is 0.0215. The molecule has 5 aromatic carbocycles. The molecular weight excluding hydrogens is 1080 g/mol. The van der Waals surface area contributed by atoms with Crippen LogP contribution in [0.3, 0.4) is 0 Å². The summed E-state index contributed by atoms with van der Waals surface area (Å²) in [6.45, 7) is 15.1. The number of rotatable bonds is 16. The van der Waals surface area contributed by atoms with Crippen LogP contribution >= 0.6 is 45.2 Å². The normalized spacial score (nSPS) is 11.5. The van der Waals surface area contributed by atoms with E-state index < -0.39 is 42.1 Å². The fourth-order valence-electron chi connectivity index (χ4n) is 6.64. The first-order valence-corrected chi connectivity index (χ1v) is 22.3. The van der Waals surface area contributed by atoms with Gasteiger partial charge in [0.1, 0.15) is 42.8 Å². The van der Waals surface area contributed by atoms with E-state index in [0.717, 1.165) is 38.2 Å². The highest BCUT2D eigenvalue weighted by Crippen LogP contribution is 2.53. The Morgan fingerprint density at radius 1 is 0.545 bits per heavy atom. The maximum atomic E-state index is 12.9. The van der Waals surface area contributed by atoms with Crippen LogP contribution in [0, 0.1) is 7.14 Å². The second kappa shape index (κ2) is 22.0. The lowest BCUT2D eigenvalue weighted by molar-refractivity contribution is -0.139. The predicted molar refractivity (Wildman–Crippen MR) is 260 cm³/mol. The monoisotopic (exact) mass is 1120 g/mol. The molecule has 0 aliphatic carbocycles. The van der Waals surface area contributed by atoms with Gasteiger partial charge in [-0.05, 0) is 142 Å². The van der Waals surface area contributed by atoms with Crippen molar-refractivity contribution < 1.29 is 61.9 Å². The van der Waals surface area contributed by atoms with Crippen molar-refractivity contribution in [1.29, 1.82) is 0 Å². The molecule has 342 valence electrons. The summed E-state index contributed by atoms with van der Waals surface area (Å²) < 4.78 is 39.9. The standard InChI is InChI=1S/C48H43I2N3O13/c1-25(2)43(54)60-18-15-51-46(57)63-31-9-11-33-28(21-31)7-13-37-40(33)39(30-23-35(49)42(36(50)24-30)66-48(59)53-17-20-62-45(56)27(5)6)41-34-12-10-32(22-29(34)8-14-38(41)65-37)64-47(58)52-16-19-61-44(55)26(3)4/h7-14,21-24,39H,1,3,5,15-20H2,2,4,6H3,(H,51,57)(H,52,58)(H,53,59). The first-order chi connectivity index (χ1) is 31.5. The summed E-state index contributed by atoms with van der Waals surface area (Å²) >= 11 is 4.24. The molecule has 6 rings (SSSR count). The zero-order chi connectivity index (χ0) is 47.7. The van der Waals surface area contributed by atoms with E-state index in [2.05, 4.69) is 80.9 Å². The van der Waals surface area contributed by atoms with Crippen LogP contribution in [0.5, 0.6) is 28.7 Å². The van der Waals surface area contributed by atoms with Gasteiger partial charge in [0.25, 0.3) is 0 Å². The quantitative estimate of drug-likeness (QED) is 0.0273. The van der Waals surface area contributed by atoms with Crippen LogP contribution in [0.15, 0.2) is 109 Å². The Morgan fingerprint density at radius 2 is 0.924 bits per heavy atom. The number of ether oxygens (including phenoxy) is 7. The van der Waals surface area contributed by atoms with E-state index in [1.807, 2.05) is 48.5 Å². The zero-order valence-corrected chi connectivity index (χ0v) is 40.2. The fourth-order valence-corrected chi connectivity index (χ4v) is 8.68. The van der Waals surface area contributed by atoms with E-state index in [4.69, 9.17) is 33.2 Å². The molecule has 3 amide bonds. The molecule has 0 unspecified atom stereocenters. The van der Waals surface area contributed by atoms with Gasteiger partial charge in [0.2, 0.25) is 0 Å². The van der Waals surface area contributed by atoms with Crippen LogP contribution in [-0.2, 0) is 28.6 Å². The summed E-state index contributed by atoms with van der Waals surface area (Å²) in [6.07, 6.45) is -2.22. The first-order valence-electron chi connectivity index (χ1n) is 20.2. The van der Waals surface area contributed by atoms with Crippen LogP contribution in [0.25, 0.3) is 21.5 Å². The number of fused-ring (bicyclic) bond motifs is 6. The molecule has 18 heteroatoms. The number of nitrogens with one attached hydrogen (secondary N) is 3. The number of carbonyl (C=O) groups is 6. The molecule has 0 bridgehead atoms. The molecule has 1 aliphatic rings. The van der Waals surface area contributed by atoms with Crippen molar-refractivity contribution in [3.05, 3.63) is 133 Å². The third-order valence-electron chi connectivity index (χ3n) is 9.61. The molecule has 1 aliphatic heterocycles. The Labute approximate surface area is 406 Å². The van der Waals surface area contributed by atoms with E-state index >= 15 is 0 Å². The maximum Gasteiger partial charge on any atom is 0.412 e. The lowest BCUT2D eigenvalue weighted by Gasteiger charge is -2.31. The highest BCUT2D eigenvalue weighted by atomic mass is 127. The van der Waals surface area contributed by atoms with Crippen molar-refractivity contribution in [3.8, 4) is 28.7 Å². The van der Waals surface area contributed by atoms with Gasteiger partial charge in [-0.2, -0.15) is 0 Å². The van der Waals surface area contributed by atoms with Crippen molar-refractivity contribution in [1.82, 2.24) is 16.0 Å². The van der Waals surface area contributed by atoms with E-state index in [9.17, 15) is 28.8 Å². The van der Waals surface area contributed by atoms with Gasteiger partial charge < -0.3 is 49.1 Å². The lowest BCUT2D eigenvalue weighted by atomic mass is 9.78. The van der Waals surface area contributed by atoms with Gasteiger partial charge in [0, 0.05) is 33.8 Å². The van der Waals surface area contributed by atoms with Crippen LogP contribution in [0.4, 0.5) is 14.4 Å². The molecular formula is C48H43I2N3O13. The number of hydrogen-bond donors (Lipinski definition) is 3. The predicted octanol–water partition coefficient (Wildman–Crippen LogP) is 9.11. The molecule has 5 aromatic rings. The van der Waals surface area contributed by atoms with Gasteiger partial charge in [-0.1, -0.05) is 44.0 Å².